The van der Waals surface area contributed by atoms with E-state index in [4.69, 9.17) is 4.74 Å². The molecule has 28 heavy (non-hydrogen) atoms. The standard InChI is InChI=1S/C23H26N2O2S/c1-16-6-10-19(11-7-16)22(21-5-4-14-28-21)25-17(2)23(26)24-15-18-8-12-20(27-3)13-9-18/h4-14,17,22,25H,15H2,1-3H3,(H,24,26)/t17-,22+/m0/s1. The number of thiophene rings is 1. The van der Waals surface area contributed by atoms with Gasteiger partial charge in [-0.1, -0.05) is 48.0 Å². The molecule has 0 saturated carbocycles. The lowest BCUT2D eigenvalue weighted by Crippen LogP contribution is -2.43. The molecule has 0 aliphatic carbocycles. The van der Waals surface area contributed by atoms with E-state index >= 15 is 0 Å². The van der Waals surface area contributed by atoms with Crippen LogP contribution in [0.1, 0.15) is 34.5 Å². The lowest BCUT2D eigenvalue weighted by atomic mass is 10.0. The van der Waals surface area contributed by atoms with Gasteiger partial charge in [-0.3, -0.25) is 10.1 Å². The molecule has 3 rings (SSSR count). The fourth-order valence-electron chi connectivity index (χ4n) is 2.97. The first-order chi connectivity index (χ1) is 13.6. The number of hydrogen-bond donors (Lipinski definition) is 2. The molecule has 0 spiro atoms. The predicted molar refractivity (Wildman–Crippen MR) is 115 cm³/mol. The van der Waals surface area contributed by atoms with Crippen molar-refractivity contribution >= 4 is 17.2 Å². The first-order valence-corrected chi connectivity index (χ1v) is 10.2. The largest absolute Gasteiger partial charge is 0.497 e. The Hall–Kier alpha value is -2.63. The number of aryl methyl sites for hydroxylation is 1. The summed E-state index contributed by atoms with van der Waals surface area (Å²) >= 11 is 1.69. The summed E-state index contributed by atoms with van der Waals surface area (Å²) in [5, 5.41) is 8.56. The number of methoxy groups -OCH3 is 1. The maximum absolute atomic E-state index is 12.6. The van der Waals surface area contributed by atoms with E-state index < -0.39 is 0 Å². The summed E-state index contributed by atoms with van der Waals surface area (Å²) in [6.07, 6.45) is 0. The molecule has 0 bridgehead atoms. The number of hydrogen-bond acceptors (Lipinski definition) is 4. The Bertz CT molecular complexity index is 874. The van der Waals surface area contributed by atoms with Crippen molar-refractivity contribution < 1.29 is 9.53 Å². The first kappa shape index (κ1) is 20.1. The van der Waals surface area contributed by atoms with E-state index in [1.165, 1.54) is 10.4 Å². The molecule has 0 aliphatic rings. The van der Waals surface area contributed by atoms with E-state index in [0.29, 0.717) is 6.54 Å². The molecule has 0 fully saturated rings. The number of nitrogens with one attached hydrogen (secondary N) is 2. The van der Waals surface area contributed by atoms with Crippen LogP contribution in [0, 0.1) is 6.92 Å². The number of rotatable bonds is 8. The van der Waals surface area contributed by atoms with Gasteiger partial charge >= 0.3 is 0 Å². The van der Waals surface area contributed by atoms with Crippen LogP contribution < -0.4 is 15.4 Å². The maximum atomic E-state index is 12.6. The molecule has 146 valence electrons. The normalized spacial score (nSPS) is 13.0. The van der Waals surface area contributed by atoms with Gasteiger partial charge in [0.1, 0.15) is 5.75 Å². The van der Waals surface area contributed by atoms with Crippen LogP contribution in [-0.4, -0.2) is 19.1 Å². The molecule has 4 nitrogen and oxygen atoms in total. The van der Waals surface area contributed by atoms with Crippen molar-refractivity contribution in [1.82, 2.24) is 10.6 Å². The molecular formula is C23H26N2O2S. The van der Waals surface area contributed by atoms with Crippen molar-refractivity contribution in [3.05, 3.63) is 87.6 Å². The van der Waals surface area contributed by atoms with Gasteiger partial charge < -0.3 is 10.1 Å². The third-order valence-corrected chi connectivity index (χ3v) is 5.61. The molecule has 3 aromatic rings. The fourth-order valence-corrected chi connectivity index (χ4v) is 3.78. The Balaban J connectivity index is 1.64. The van der Waals surface area contributed by atoms with Gasteiger partial charge in [0, 0.05) is 11.4 Å². The summed E-state index contributed by atoms with van der Waals surface area (Å²) in [6.45, 7) is 4.47. The van der Waals surface area contributed by atoms with Crippen LogP contribution in [0.15, 0.2) is 66.0 Å². The van der Waals surface area contributed by atoms with E-state index in [-0.39, 0.29) is 18.0 Å². The molecule has 2 aromatic carbocycles. The Kier molecular flexibility index (Phi) is 6.85. The van der Waals surface area contributed by atoms with Crippen LogP contribution in [0.25, 0.3) is 0 Å². The lowest BCUT2D eigenvalue weighted by Gasteiger charge is -2.23. The molecule has 2 atom stereocenters. The number of carbonyl (C=O) groups is 1. The Morgan fingerprint density at radius 3 is 2.39 bits per heavy atom. The van der Waals surface area contributed by atoms with E-state index in [0.717, 1.165) is 16.9 Å². The second-order valence-corrected chi connectivity index (χ2v) is 7.79. The van der Waals surface area contributed by atoms with Gasteiger partial charge in [0.2, 0.25) is 5.91 Å². The molecule has 0 saturated heterocycles. The zero-order chi connectivity index (χ0) is 19.9. The monoisotopic (exact) mass is 394 g/mol. The van der Waals surface area contributed by atoms with Crippen LogP contribution >= 0.6 is 11.3 Å². The minimum Gasteiger partial charge on any atom is -0.497 e. The molecule has 0 radical (unpaired) electrons. The van der Waals surface area contributed by atoms with Crippen molar-refractivity contribution in [3.63, 3.8) is 0 Å². The second-order valence-electron chi connectivity index (χ2n) is 6.81. The highest BCUT2D eigenvalue weighted by molar-refractivity contribution is 7.10. The minimum absolute atomic E-state index is 0.0117. The Morgan fingerprint density at radius 2 is 1.79 bits per heavy atom. The van der Waals surface area contributed by atoms with Crippen molar-refractivity contribution in [2.75, 3.05) is 7.11 Å². The number of ether oxygens (including phenoxy) is 1. The molecule has 1 amide bonds. The average Bonchev–Trinajstić information content (AvgIpc) is 3.25. The highest BCUT2D eigenvalue weighted by atomic mass is 32.1. The van der Waals surface area contributed by atoms with Crippen molar-refractivity contribution in [2.45, 2.75) is 32.5 Å². The van der Waals surface area contributed by atoms with Gasteiger partial charge in [0.05, 0.1) is 19.2 Å². The molecule has 1 aromatic heterocycles. The highest BCUT2D eigenvalue weighted by Gasteiger charge is 2.21. The third-order valence-electron chi connectivity index (χ3n) is 4.67. The van der Waals surface area contributed by atoms with Crippen molar-refractivity contribution in [2.24, 2.45) is 0 Å². The van der Waals surface area contributed by atoms with Crippen molar-refractivity contribution in [1.29, 1.82) is 0 Å². The lowest BCUT2D eigenvalue weighted by molar-refractivity contribution is -0.123. The first-order valence-electron chi connectivity index (χ1n) is 9.33. The second kappa shape index (κ2) is 9.53. The number of benzene rings is 2. The van der Waals surface area contributed by atoms with Gasteiger partial charge in [-0.05, 0) is 48.6 Å². The average molecular weight is 395 g/mol. The highest BCUT2D eigenvalue weighted by Crippen LogP contribution is 2.26. The molecule has 0 unspecified atom stereocenters. The van der Waals surface area contributed by atoms with E-state index in [1.54, 1.807) is 18.4 Å². The van der Waals surface area contributed by atoms with Crippen LogP contribution in [0.3, 0.4) is 0 Å². The number of amides is 1. The SMILES string of the molecule is COc1ccc(CNC(=O)[C@H](C)N[C@H](c2ccc(C)cc2)c2cccs2)cc1. The van der Waals surface area contributed by atoms with Crippen LogP contribution in [0.5, 0.6) is 5.75 Å². The molecule has 2 N–H and O–H groups in total. The van der Waals surface area contributed by atoms with Crippen molar-refractivity contribution in [3.8, 4) is 5.75 Å². The van der Waals surface area contributed by atoms with E-state index in [9.17, 15) is 4.79 Å². The quantitative estimate of drug-likeness (QED) is 0.593. The van der Waals surface area contributed by atoms with Gasteiger partial charge in [-0.15, -0.1) is 11.3 Å². The summed E-state index contributed by atoms with van der Waals surface area (Å²) < 4.78 is 5.17. The summed E-state index contributed by atoms with van der Waals surface area (Å²) in [5.41, 5.74) is 3.41. The number of carbonyl (C=O) groups excluding carboxylic acids is 1. The summed E-state index contributed by atoms with van der Waals surface area (Å²) in [4.78, 5) is 13.8. The Labute approximate surface area is 170 Å². The fraction of sp³-hybridized carbons (Fsp3) is 0.261. The van der Waals surface area contributed by atoms with E-state index in [1.807, 2.05) is 37.3 Å². The molecule has 1 heterocycles. The topological polar surface area (TPSA) is 50.4 Å². The third kappa shape index (κ3) is 5.21. The summed E-state index contributed by atoms with van der Waals surface area (Å²) in [6, 6.07) is 20.0. The Morgan fingerprint density at radius 1 is 1.07 bits per heavy atom. The molecule has 0 aliphatic heterocycles. The van der Waals surface area contributed by atoms with Crippen LogP contribution in [-0.2, 0) is 11.3 Å². The van der Waals surface area contributed by atoms with Crippen LogP contribution in [0.4, 0.5) is 0 Å². The maximum Gasteiger partial charge on any atom is 0.237 e. The zero-order valence-electron chi connectivity index (χ0n) is 16.4. The molecular weight excluding hydrogens is 368 g/mol. The summed E-state index contributed by atoms with van der Waals surface area (Å²) in [7, 11) is 1.64. The van der Waals surface area contributed by atoms with Gasteiger partial charge in [-0.25, -0.2) is 0 Å². The summed E-state index contributed by atoms with van der Waals surface area (Å²) in [5.74, 6) is 0.784. The van der Waals surface area contributed by atoms with Crippen LogP contribution in [0.2, 0.25) is 0 Å². The molecule has 5 heteroatoms. The zero-order valence-corrected chi connectivity index (χ0v) is 17.3. The predicted octanol–water partition coefficient (Wildman–Crippen LogP) is 4.45. The van der Waals surface area contributed by atoms with Gasteiger partial charge in [0.15, 0.2) is 0 Å². The minimum atomic E-state index is -0.327. The van der Waals surface area contributed by atoms with E-state index in [2.05, 4.69) is 53.3 Å². The van der Waals surface area contributed by atoms with Gasteiger partial charge in [-0.2, -0.15) is 0 Å². The van der Waals surface area contributed by atoms with Gasteiger partial charge in [0.25, 0.3) is 0 Å². The smallest absolute Gasteiger partial charge is 0.237 e.